The minimum Gasteiger partial charge on any atom is -0.457 e. The fourth-order valence-electron chi connectivity index (χ4n) is 2.85. The van der Waals surface area contributed by atoms with Crippen LogP contribution in [0.5, 0.6) is 11.5 Å². The van der Waals surface area contributed by atoms with Crippen molar-refractivity contribution in [2.24, 2.45) is 0 Å². The molecule has 2 aromatic rings. The van der Waals surface area contributed by atoms with Gasteiger partial charge in [-0.05, 0) is 24.3 Å². The van der Waals surface area contributed by atoms with Crippen LogP contribution in [-0.2, 0) is 0 Å². The Kier molecular flexibility index (Phi) is 15.8. The second-order valence-corrected chi connectivity index (χ2v) is 7.91. The molecule has 138 valence electrons. The molecule has 1 nitrogen and oxygen atoms in total. The molecule has 0 spiro atoms. The van der Waals surface area contributed by atoms with Crippen molar-refractivity contribution in [1.82, 2.24) is 0 Å². The molecule has 0 radical (unpaired) electrons. The second kappa shape index (κ2) is 17.6. The van der Waals surface area contributed by atoms with Gasteiger partial charge in [-0.1, -0.05) is 36.4 Å². The molecule has 0 amide bonds. The van der Waals surface area contributed by atoms with Crippen molar-refractivity contribution in [1.29, 1.82) is 0 Å². The number of hydrogen-bond donors (Lipinski definition) is 0. The van der Waals surface area contributed by atoms with Crippen LogP contribution >= 0.6 is 0 Å². The molecule has 2 aromatic carbocycles. The molecule has 0 unspecified atom stereocenters. The van der Waals surface area contributed by atoms with Crippen LogP contribution in [-0.4, -0.2) is 27.9 Å². The van der Waals surface area contributed by atoms with Gasteiger partial charge >= 0.3 is 103 Å². The topological polar surface area (TPSA) is 9.23 Å². The summed E-state index contributed by atoms with van der Waals surface area (Å²) in [5.74, 6) is 1.74. The molecule has 0 saturated carbocycles. The predicted molar refractivity (Wildman–Crippen MR) is 115 cm³/mol. The minimum atomic E-state index is 0.869. The maximum Gasteiger partial charge on any atom is 0.127 e. The van der Waals surface area contributed by atoms with Gasteiger partial charge in [0, 0.05) is 0 Å². The van der Waals surface area contributed by atoms with Gasteiger partial charge in [0.1, 0.15) is 11.5 Å². The van der Waals surface area contributed by atoms with Gasteiger partial charge in [-0.15, -0.1) is 0 Å². The van der Waals surface area contributed by atoms with E-state index in [0.29, 0.717) is 0 Å². The van der Waals surface area contributed by atoms with Gasteiger partial charge in [-0.25, -0.2) is 0 Å². The van der Waals surface area contributed by atoms with E-state index in [1.54, 1.807) is 0 Å². The van der Waals surface area contributed by atoms with Gasteiger partial charge in [-0.2, -0.15) is 0 Å². The number of benzene rings is 2. The Hall–Kier alpha value is -0.760. The summed E-state index contributed by atoms with van der Waals surface area (Å²) in [6.07, 6.45) is 14.7. The molecule has 2 heteroatoms. The monoisotopic (exact) mass is 362 g/mol. The molecule has 0 aromatic heterocycles. The normalized spacial score (nSPS) is 10.1. The first-order valence-electron chi connectivity index (χ1n) is 10.6. The molecule has 0 saturated heterocycles. The molecule has 0 N–H and O–H groups in total. The zero-order valence-corrected chi connectivity index (χ0v) is 19.0. The number of unbranched alkanes of at least 4 members (excludes halogenated alkanes) is 9. The van der Waals surface area contributed by atoms with E-state index in [2.05, 4.69) is 6.92 Å². The second-order valence-electron chi connectivity index (χ2n) is 6.91. The number of ether oxygens (including phenoxy) is 1. The van der Waals surface area contributed by atoms with Crippen LogP contribution in [0.2, 0.25) is 3.67 Å². The molecule has 0 heterocycles. The van der Waals surface area contributed by atoms with Crippen molar-refractivity contribution in [2.45, 2.75) is 74.8 Å². The smallest absolute Gasteiger partial charge is 0.127 e. The Bertz CT molecular complexity index is 465. The Morgan fingerprint density at radius 1 is 0.577 bits per heavy atom. The van der Waals surface area contributed by atoms with Crippen LogP contribution in [0.1, 0.15) is 71.1 Å². The van der Waals surface area contributed by atoms with Gasteiger partial charge < -0.3 is 4.74 Å². The van der Waals surface area contributed by atoms with Crippen LogP contribution in [0.4, 0.5) is 0 Å². The summed E-state index contributed by atoms with van der Waals surface area (Å²) < 4.78 is 7.09. The van der Waals surface area contributed by atoms with E-state index >= 15 is 0 Å². The van der Waals surface area contributed by atoms with Crippen LogP contribution in [0.25, 0.3) is 0 Å². The molecule has 0 atom stereocenters. The number of rotatable bonds is 12. The largest absolute Gasteiger partial charge is 0.457 e. The van der Waals surface area contributed by atoms with Crippen LogP contribution < -0.4 is 4.74 Å². The van der Waals surface area contributed by atoms with Crippen LogP contribution in [0.15, 0.2) is 60.7 Å². The first-order chi connectivity index (χ1) is 12.9. The quantitative estimate of drug-likeness (QED) is 0.275. The van der Waals surface area contributed by atoms with Crippen molar-refractivity contribution in [3.8, 4) is 11.5 Å². The summed E-state index contributed by atoms with van der Waals surface area (Å²) in [5.41, 5.74) is 0. The van der Waals surface area contributed by atoms with Gasteiger partial charge in [0.2, 0.25) is 0 Å². The average Bonchev–Trinajstić information content (AvgIpc) is 2.69. The van der Waals surface area contributed by atoms with E-state index in [9.17, 15) is 0 Å². The zero-order chi connectivity index (χ0) is 18.7. The fourth-order valence-corrected chi connectivity index (χ4v) is 3.35. The zero-order valence-electron chi connectivity index (χ0n) is 17.0. The molecule has 2 rings (SSSR count). The molecule has 0 fully saturated rings. The van der Waals surface area contributed by atoms with E-state index in [-0.39, 0.29) is 0 Å². The van der Waals surface area contributed by atoms with Crippen molar-refractivity contribution >= 4 is 27.9 Å². The Balaban J connectivity index is 0.000000260. The third kappa shape index (κ3) is 13.4. The van der Waals surface area contributed by atoms with Gasteiger partial charge in [0.15, 0.2) is 0 Å². The Labute approximate surface area is 179 Å². The van der Waals surface area contributed by atoms with Crippen molar-refractivity contribution in [3.05, 3.63) is 60.7 Å². The maximum absolute atomic E-state index is 5.58. The molecular weight excluding hydrogens is 327 g/mol. The summed E-state index contributed by atoms with van der Waals surface area (Å²) in [7, 11) is 0. The predicted octanol–water partition coefficient (Wildman–Crippen LogP) is 7.97. The Morgan fingerprint density at radius 3 is 1.35 bits per heavy atom. The van der Waals surface area contributed by atoms with E-state index in [1.165, 1.54) is 95.8 Å². The van der Waals surface area contributed by atoms with Crippen molar-refractivity contribution in [2.75, 3.05) is 0 Å². The summed E-state index contributed by atoms with van der Waals surface area (Å²) in [6.45, 7) is 2.29. The van der Waals surface area contributed by atoms with Gasteiger partial charge in [-0.3, -0.25) is 0 Å². The molecular formula is C24H35NaO. The van der Waals surface area contributed by atoms with E-state index in [4.69, 9.17) is 4.74 Å². The summed E-state index contributed by atoms with van der Waals surface area (Å²) >= 11 is 1.41. The maximum atomic E-state index is 5.58. The first kappa shape index (κ1) is 23.3. The van der Waals surface area contributed by atoms with Gasteiger partial charge in [0.25, 0.3) is 0 Å². The molecule has 0 aliphatic heterocycles. The first-order valence-corrected chi connectivity index (χ1v) is 12.1. The van der Waals surface area contributed by atoms with Crippen LogP contribution in [0.3, 0.4) is 0 Å². The Morgan fingerprint density at radius 2 is 0.962 bits per heavy atom. The van der Waals surface area contributed by atoms with E-state index < -0.39 is 0 Å². The third-order valence-corrected chi connectivity index (χ3v) is 5.14. The fraction of sp³-hybridized carbons (Fsp3) is 0.500. The van der Waals surface area contributed by atoms with Crippen molar-refractivity contribution < 1.29 is 4.74 Å². The third-order valence-electron chi connectivity index (χ3n) is 4.43. The average molecular weight is 363 g/mol. The molecule has 0 bridgehead atoms. The SMILES string of the molecule is CCCCCCCCCCC[CH2][Na].c1ccc(Oc2ccccc2)cc1. The molecule has 26 heavy (non-hydrogen) atoms. The number of para-hydroxylation sites is 2. The summed E-state index contributed by atoms with van der Waals surface area (Å²) in [5, 5.41) is 0. The number of hydrogen-bond acceptors (Lipinski definition) is 1. The van der Waals surface area contributed by atoms with Crippen molar-refractivity contribution in [3.63, 3.8) is 0 Å². The van der Waals surface area contributed by atoms with Gasteiger partial charge in [0.05, 0.1) is 0 Å². The van der Waals surface area contributed by atoms with Crippen LogP contribution in [0, 0.1) is 0 Å². The van der Waals surface area contributed by atoms with E-state index in [1.807, 2.05) is 60.7 Å². The minimum absolute atomic E-state index is 0.869. The van der Waals surface area contributed by atoms with E-state index in [0.717, 1.165) is 11.5 Å². The molecule has 0 aliphatic carbocycles. The summed E-state index contributed by atoms with van der Waals surface area (Å²) in [6, 6.07) is 19.5. The standard InChI is InChI=1S/C12H10O.C12H25.Na/c1-3-7-11(8-4-1)13-12-9-5-2-6-10-12;1-3-5-7-9-11-12-10-8-6-4-2;/h1-10H;1,3-12H2,2H3;. The molecule has 0 aliphatic rings. The summed E-state index contributed by atoms with van der Waals surface area (Å²) in [4.78, 5) is 0.